The average molecular weight is 491 g/mol. The molecule has 11 nitrogen and oxygen atoms in total. The quantitative estimate of drug-likeness (QED) is 0.456. The molecule has 36 heavy (non-hydrogen) atoms. The molecule has 4 rings (SSSR count). The zero-order valence-electron chi connectivity index (χ0n) is 20.0. The van der Waals surface area contributed by atoms with Crippen LogP contribution in [0.2, 0.25) is 0 Å². The van der Waals surface area contributed by atoms with Crippen molar-refractivity contribution in [1.82, 2.24) is 15.0 Å². The van der Waals surface area contributed by atoms with Crippen LogP contribution in [-0.2, 0) is 9.53 Å². The molecule has 0 saturated carbocycles. The van der Waals surface area contributed by atoms with E-state index in [9.17, 15) is 10.1 Å². The first kappa shape index (κ1) is 24.7. The summed E-state index contributed by atoms with van der Waals surface area (Å²) in [5.74, 6) is 0.572. The first-order valence-electron chi connectivity index (χ1n) is 11.3. The van der Waals surface area contributed by atoms with E-state index < -0.39 is 5.97 Å². The van der Waals surface area contributed by atoms with Crippen LogP contribution >= 0.6 is 0 Å². The van der Waals surface area contributed by atoms with Crippen molar-refractivity contribution in [2.24, 2.45) is 0 Å². The van der Waals surface area contributed by atoms with Crippen LogP contribution in [0.25, 0.3) is 11.3 Å². The van der Waals surface area contributed by atoms with Crippen molar-refractivity contribution < 1.29 is 24.1 Å². The van der Waals surface area contributed by atoms with Crippen LogP contribution in [0.3, 0.4) is 0 Å². The summed E-state index contributed by atoms with van der Waals surface area (Å²) < 4.78 is 16.7. The van der Waals surface area contributed by atoms with Crippen molar-refractivity contribution in [3.63, 3.8) is 0 Å². The summed E-state index contributed by atoms with van der Waals surface area (Å²) in [5.41, 5.74) is 2.32. The van der Waals surface area contributed by atoms with E-state index in [4.69, 9.17) is 19.3 Å². The number of aliphatic carboxylic acids is 1. The number of carboxylic acids is 1. The SMILES string of the molecule is COc1nc(Nc2nccc(-c3ccc(OC4CCOCC4)c(C#N)c3)n2)ccc1N(C)CC(=O)O. The number of hydrogen-bond donors (Lipinski definition) is 2. The Hall–Kier alpha value is -4.43. The molecule has 1 aliphatic rings. The number of ether oxygens (including phenoxy) is 3. The van der Waals surface area contributed by atoms with Crippen molar-refractivity contribution in [2.45, 2.75) is 18.9 Å². The Kier molecular flexibility index (Phi) is 7.77. The summed E-state index contributed by atoms with van der Waals surface area (Å²) in [4.78, 5) is 25.8. The second-order valence-electron chi connectivity index (χ2n) is 8.12. The van der Waals surface area contributed by atoms with Gasteiger partial charge in [-0.1, -0.05) is 0 Å². The highest BCUT2D eigenvalue weighted by Gasteiger charge is 2.18. The van der Waals surface area contributed by atoms with Crippen molar-refractivity contribution in [3.05, 3.63) is 48.2 Å². The minimum atomic E-state index is -0.963. The Bertz CT molecular complexity index is 1270. The second kappa shape index (κ2) is 11.3. The van der Waals surface area contributed by atoms with Crippen molar-refractivity contribution in [3.8, 4) is 29.0 Å². The Morgan fingerprint density at radius 3 is 2.78 bits per heavy atom. The zero-order chi connectivity index (χ0) is 25.5. The highest BCUT2D eigenvalue weighted by molar-refractivity contribution is 5.75. The van der Waals surface area contributed by atoms with Gasteiger partial charge in [0.25, 0.3) is 0 Å². The number of nitrogens with zero attached hydrogens (tertiary/aromatic N) is 5. The molecule has 1 aliphatic heterocycles. The van der Waals surface area contributed by atoms with Gasteiger partial charge in [-0.05, 0) is 36.4 Å². The fourth-order valence-electron chi connectivity index (χ4n) is 3.78. The Labute approximate surface area is 208 Å². The third kappa shape index (κ3) is 5.97. The van der Waals surface area contributed by atoms with Gasteiger partial charge in [-0.3, -0.25) is 4.79 Å². The molecule has 186 valence electrons. The van der Waals surface area contributed by atoms with E-state index in [0.717, 1.165) is 18.4 Å². The Morgan fingerprint density at radius 2 is 2.06 bits per heavy atom. The number of rotatable bonds is 9. The monoisotopic (exact) mass is 490 g/mol. The maximum Gasteiger partial charge on any atom is 0.323 e. The summed E-state index contributed by atoms with van der Waals surface area (Å²) in [6, 6.07) is 12.7. The van der Waals surface area contributed by atoms with Crippen LogP contribution in [-0.4, -0.2) is 66.0 Å². The molecular weight excluding hydrogens is 464 g/mol. The fraction of sp³-hybridized carbons (Fsp3) is 0.320. The number of nitriles is 1. The molecule has 0 unspecified atom stereocenters. The molecule has 1 fully saturated rings. The molecule has 0 bridgehead atoms. The van der Waals surface area contributed by atoms with E-state index >= 15 is 0 Å². The molecule has 2 N–H and O–H groups in total. The lowest BCUT2D eigenvalue weighted by Crippen LogP contribution is -2.26. The van der Waals surface area contributed by atoms with Crippen LogP contribution < -0.4 is 19.7 Å². The van der Waals surface area contributed by atoms with Gasteiger partial charge in [0.05, 0.1) is 31.6 Å². The molecule has 3 heterocycles. The smallest absolute Gasteiger partial charge is 0.323 e. The lowest BCUT2D eigenvalue weighted by molar-refractivity contribution is -0.135. The normalized spacial score (nSPS) is 13.5. The van der Waals surface area contributed by atoms with Crippen molar-refractivity contribution in [1.29, 1.82) is 5.26 Å². The number of benzene rings is 1. The predicted molar refractivity (Wildman–Crippen MR) is 132 cm³/mol. The lowest BCUT2D eigenvalue weighted by Gasteiger charge is -2.23. The summed E-state index contributed by atoms with van der Waals surface area (Å²) in [6.45, 7) is 1.12. The van der Waals surface area contributed by atoms with Gasteiger partial charge in [-0.15, -0.1) is 0 Å². The fourth-order valence-corrected chi connectivity index (χ4v) is 3.78. The number of aromatic nitrogens is 3. The van der Waals surface area contributed by atoms with Gasteiger partial charge in [0, 0.05) is 31.6 Å². The summed E-state index contributed by atoms with van der Waals surface area (Å²) in [7, 11) is 3.10. The van der Waals surface area contributed by atoms with Crippen LogP contribution in [0.4, 0.5) is 17.5 Å². The van der Waals surface area contributed by atoms with Crippen LogP contribution in [0.1, 0.15) is 18.4 Å². The first-order chi connectivity index (χ1) is 17.5. The Morgan fingerprint density at radius 1 is 1.25 bits per heavy atom. The van der Waals surface area contributed by atoms with E-state index in [1.807, 2.05) is 6.07 Å². The topological polar surface area (TPSA) is 143 Å². The third-order valence-electron chi connectivity index (χ3n) is 5.57. The van der Waals surface area contributed by atoms with Crippen LogP contribution in [0, 0.1) is 11.3 Å². The van der Waals surface area contributed by atoms with Gasteiger partial charge >= 0.3 is 5.97 Å². The highest BCUT2D eigenvalue weighted by Crippen LogP contribution is 2.30. The highest BCUT2D eigenvalue weighted by atomic mass is 16.5. The van der Waals surface area contributed by atoms with Crippen molar-refractivity contribution in [2.75, 3.05) is 44.1 Å². The molecule has 0 amide bonds. The number of pyridine rings is 1. The predicted octanol–water partition coefficient (Wildman–Crippen LogP) is 3.24. The molecule has 11 heteroatoms. The number of carboxylic acid groups (broad SMARTS) is 1. The van der Waals surface area contributed by atoms with E-state index in [2.05, 4.69) is 26.3 Å². The molecular formula is C25H26N6O5. The van der Waals surface area contributed by atoms with Gasteiger partial charge in [-0.25, -0.2) is 9.97 Å². The van der Waals surface area contributed by atoms with E-state index in [1.165, 1.54) is 12.0 Å². The second-order valence-corrected chi connectivity index (χ2v) is 8.12. The third-order valence-corrected chi connectivity index (χ3v) is 5.57. The Balaban J connectivity index is 1.52. The van der Waals surface area contributed by atoms with Gasteiger partial charge in [0.15, 0.2) is 0 Å². The summed E-state index contributed by atoms with van der Waals surface area (Å²) in [5, 5.41) is 21.8. The van der Waals surface area contributed by atoms with Gasteiger partial charge < -0.3 is 29.5 Å². The van der Waals surface area contributed by atoms with Gasteiger partial charge in [-0.2, -0.15) is 10.2 Å². The molecule has 0 aliphatic carbocycles. The van der Waals surface area contributed by atoms with Gasteiger partial charge in [0.2, 0.25) is 11.8 Å². The van der Waals surface area contributed by atoms with Crippen molar-refractivity contribution >= 4 is 23.4 Å². The lowest BCUT2D eigenvalue weighted by atomic mass is 10.1. The molecule has 3 aromatic rings. The summed E-state index contributed by atoms with van der Waals surface area (Å²) >= 11 is 0. The van der Waals surface area contributed by atoms with Crippen LogP contribution in [0.15, 0.2) is 42.6 Å². The zero-order valence-corrected chi connectivity index (χ0v) is 20.0. The maximum atomic E-state index is 11.0. The molecule has 1 saturated heterocycles. The van der Waals surface area contributed by atoms with E-state index in [1.54, 1.807) is 43.6 Å². The number of nitrogens with one attached hydrogen (secondary N) is 1. The number of methoxy groups -OCH3 is 1. The molecule has 0 spiro atoms. The minimum Gasteiger partial charge on any atom is -0.489 e. The van der Waals surface area contributed by atoms with E-state index in [-0.39, 0.29) is 18.5 Å². The van der Waals surface area contributed by atoms with Crippen LogP contribution in [0.5, 0.6) is 11.6 Å². The summed E-state index contributed by atoms with van der Waals surface area (Å²) in [6.07, 6.45) is 3.23. The van der Waals surface area contributed by atoms with Gasteiger partial charge in [0.1, 0.15) is 36.0 Å². The number of hydrogen-bond acceptors (Lipinski definition) is 10. The number of likely N-dealkylation sites (N-methyl/N-ethyl adjacent to an activating group) is 1. The first-order valence-corrected chi connectivity index (χ1v) is 11.3. The molecule has 1 aromatic carbocycles. The minimum absolute atomic E-state index is 0.0337. The molecule has 0 atom stereocenters. The largest absolute Gasteiger partial charge is 0.489 e. The average Bonchev–Trinajstić information content (AvgIpc) is 2.89. The maximum absolute atomic E-state index is 11.0. The molecule has 0 radical (unpaired) electrons. The number of anilines is 3. The molecule has 2 aromatic heterocycles. The standard InChI is InChI=1S/C25H26N6O5/c1-31(15-23(32)33)20-4-6-22(29-24(20)34-2)30-25-27-10-7-19(28-25)16-3-5-21(17(13-16)14-26)36-18-8-11-35-12-9-18/h3-7,10,13,18H,8-9,11-12,15H2,1-2H3,(H,32,33)(H,27,28,29,30). The number of carbonyl (C=O) groups is 1. The van der Waals surface area contributed by atoms with E-state index in [0.29, 0.717) is 47.7 Å².